The highest BCUT2D eigenvalue weighted by Gasteiger charge is 2.14. The SMILES string of the molecule is CN1CCN(c2ccc(C3=NCCN3)cc2)CC1. The summed E-state index contributed by atoms with van der Waals surface area (Å²) in [6.07, 6.45) is 0. The standard InChI is InChI=1S/C14H20N4/c1-17-8-10-18(11-9-17)13-4-2-12(3-5-13)14-15-6-7-16-14/h2-5H,6-11H2,1H3,(H,15,16). The Morgan fingerprint density at radius 1 is 1.06 bits per heavy atom. The second-order valence-corrected chi connectivity index (χ2v) is 4.99. The third kappa shape index (κ3) is 2.34. The molecule has 4 nitrogen and oxygen atoms in total. The molecule has 1 aromatic carbocycles. The first-order valence-electron chi connectivity index (χ1n) is 6.65. The summed E-state index contributed by atoms with van der Waals surface area (Å²) < 4.78 is 0. The van der Waals surface area contributed by atoms with Crippen LogP contribution in [0.25, 0.3) is 0 Å². The first-order valence-corrected chi connectivity index (χ1v) is 6.65. The number of piperazine rings is 1. The minimum atomic E-state index is 0.898. The Kier molecular flexibility index (Phi) is 3.19. The lowest BCUT2D eigenvalue weighted by Gasteiger charge is -2.34. The van der Waals surface area contributed by atoms with Gasteiger partial charge in [0.2, 0.25) is 0 Å². The normalized spacial score (nSPS) is 20.7. The molecule has 1 N–H and O–H groups in total. The van der Waals surface area contributed by atoms with Crippen molar-refractivity contribution in [3.63, 3.8) is 0 Å². The Bertz CT molecular complexity index is 430. The van der Waals surface area contributed by atoms with Crippen LogP contribution in [0.15, 0.2) is 29.3 Å². The molecule has 2 heterocycles. The first kappa shape index (κ1) is 11.5. The number of likely N-dealkylation sites (N-methyl/N-ethyl adjacent to an activating group) is 1. The van der Waals surface area contributed by atoms with Crippen LogP contribution in [0.3, 0.4) is 0 Å². The van der Waals surface area contributed by atoms with Gasteiger partial charge in [-0.1, -0.05) is 0 Å². The van der Waals surface area contributed by atoms with Crippen LogP contribution in [0, 0.1) is 0 Å². The quantitative estimate of drug-likeness (QED) is 0.834. The van der Waals surface area contributed by atoms with E-state index in [4.69, 9.17) is 0 Å². The number of hydrogen-bond donors (Lipinski definition) is 1. The summed E-state index contributed by atoms with van der Waals surface area (Å²) >= 11 is 0. The molecule has 0 bridgehead atoms. The minimum absolute atomic E-state index is 0.898. The predicted octanol–water partition coefficient (Wildman–Crippen LogP) is 0.788. The number of nitrogens with one attached hydrogen (secondary N) is 1. The molecule has 0 spiro atoms. The lowest BCUT2D eigenvalue weighted by atomic mass is 10.1. The van der Waals surface area contributed by atoms with Gasteiger partial charge in [-0.2, -0.15) is 0 Å². The molecule has 1 saturated heterocycles. The topological polar surface area (TPSA) is 30.9 Å². The highest BCUT2D eigenvalue weighted by Crippen LogP contribution is 2.17. The first-order chi connectivity index (χ1) is 8.83. The van der Waals surface area contributed by atoms with Gasteiger partial charge in [-0.25, -0.2) is 0 Å². The van der Waals surface area contributed by atoms with Crippen molar-refractivity contribution in [3.05, 3.63) is 29.8 Å². The van der Waals surface area contributed by atoms with E-state index >= 15 is 0 Å². The number of nitrogens with zero attached hydrogens (tertiary/aromatic N) is 3. The Morgan fingerprint density at radius 3 is 2.39 bits per heavy atom. The van der Waals surface area contributed by atoms with E-state index in [0.29, 0.717) is 0 Å². The molecule has 18 heavy (non-hydrogen) atoms. The van der Waals surface area contributed by atoms with E-state index in [1.807, 2.05) is 0 Å². The van der Waals surface area contributed by atoms with Crippen LogP contribution in [0.2, 0.25) is 0 Å². The van der Waals surface area contributed by atoms with Gasteiger partial charge in [0, 0.05) is 44.0 Å². The molecule has 0 radical (unpaired) electrons. The van der Waals surface area contributed by atoms with E-state index < -0.39 is 0 Å². The van der Waals surface area contributed by atoms with Crippen LogP contribution < -0.4 is 10.2 Å². The van der Waals surface area contributed by atoms with Crippen molar-refractivity contribution in [1.29, 1.82) is 0 Å². The fourth-order valence-electron chi connectivity index (χ4n) is 2.49. The van der Waals surface area contributed by atoms with Gasteiger partial charge in [-0.05, 0) is 31.3 Å². The summed E-state index contributed by atoms with van der Waals surface area (Å²) in [6, 6.07) is 8.77. The zero-order valence-corrected chi connectivity index (χ0v) is 10.9. The molecule has 0 saturated carbocycles. The average Bonchev–Trinajstić information content (AvgIpc) is 2.94. The molecular formula is C14H20N4. The fraction of sp³-hybridized carbons (Fsp3) is 0.500. The lowest BCUT2D eigenvalue weighted by molar-refractivity contribution is 0.313. The summed E-state index contributed by atoms with van der Waals surface area (Å²) in [7, 11) is 2.18. The Morgan fingerprint density at radius 2 is 1.78 bits per heavy atom. The third-order valence-corrected chi connectivity index (χ3v) is 3.68. The maximum atomic E-state index is 4.44. The van der Waals surface area contributed by atoms with E-state index in [1.54, 1.807) is 0 Å². The maximum absolute atomic E-state index is 4.44. The third-order valence-electron chi connectivity index (χ3n) is 3.68. The van der Waals surface area contributed by atoms with Crippen molar-refractivity contribution in [1.82, 2.24) is 10.2 Å². The summed E-state index contributed by atoms with van der Waals surface area (Å²) in [5.74, 6) is 1.04. The molecule has 0 amide bonds. The molecule has 0 atom stereocenters. The van der Waals surface area contributed by atoms with Crippen LogP contribution in [-0.2, 0) is 0 Å². The average molecular weight is 244 g/mol. The van der Waals surface area contributed by atoms with Gasteiger partial charge in [0.25, 0.3) is 0 Å². The van der Waals surface area contributed by atoms with Gasteiger partial charge in [0.15, 0.2) is 0 Å². The Hall–Kier alpha value is -1.55. The maximum Gasteiger partial charge on any atom is 0.128 e. The molecule has 1 aromatic rings. The van der Waals surface area contributed by atoms with Crippen LogP contribution in [0.4, 0.5) is 5.69 Å². The van der Waals surface area contributed by atoms with E-state index in [2.05, 4.69) is 51.4 Å². The molecule has 96 valence electrons. The number of rotatable bonds is 2. The molecule has 0 aliphatic carbocycles. The Balaban J connectivity index is 1.71. The number of amidine groups is 1. The molecule has 0 unspecified atom stereocenters. The lowest BCUT2D eigenvalue weighted by Crippen LogP contribution is -2.44. The molecule has 3 rings (SSSR count). The van der Waals surface area contributed by atoms with E-state index in [0.717, 1.165) is 45.1 Å². The summed E-state index contributed by atoms with van der Waals surface area (Å²) in [4.78, 5) is 9.27. The summed E-state index contributed by atoms with van der Waals surface area (Å²) in [6.45, 7) is 6.40. The summed E-state index contributed by atoms with van der Waals surface area (Å²) in [5.41, 5.74) is 2.52. The predicted molar refractivity (Wildman–Crippen MR) is 75.6 cm³/mol. The highest BCUT2D eigenvalue weighted by molar-refractivity contribution is 5.99. The Labute approximate surface area is 108 Å². The zero-order valence-electron chi connectivity index (χ0n) is 10.9. The number of anilines is 1. The van der Waals surface area contributed by atoms with Gasteiger partial charge >= 0.3 is 0 Å². The molecule has 0 aromatic heterocycles. The van der Waals surface area contributed by atoms with E-state index in [1.165, 1.54) is 11.3 Å². The van der Waals surface area contributed by atoms with E-state index in [-0.39, 0.29) is 0 Å². The molecular weight excluding hydrogens is 224 g/mol. The van der Waals surface area contributed by atoms with Gasteiger partial charge in [-0.15, -0.1) is 0 Å². The van der Waals surface area contributed by atoms with Crippen LogP contribution in [0.5, 0.6) is 0 Å². The van der Waals surface area contributed by atoms with Gasteiger partial charge in [0.1, 0.15) is 5.84 Å². The smallest absolute Gasteiger partial charge is 0.128 e. The van der Waals surface area contributed by atoms with Crippen molar-refractivity contribution in [2.45, 2.75) is 0 Å². The van der Waals surface area contributed by atoms with Gasteiger partial charge in [0.05, 0.1) is 6.54 Å². The van der Waals surface area contributed by atoms with Gasteiger partial charge in [-0.3, -0.25) is 4.99 Å². The minimum Gasteiger partial charge on any atom is -0.369 e. The van der Waals surface area contributed by atoms with Crippen LogP contribution in [0.1, 0.15) is 5.56 Å². The van der Waals surface area contributed by atoms with Crippen LogP contribution in [-0.4, -0.2) is 57.1 Å². The van der Waals surface area contributed by atoms with Crippen molar-refractivity contribution in [2.75, 3.05) is 51.2 Å². The van der Waals surface area contributed by atoms with Crippen molar-refractivity contribution >= 4 is 11.5 Å². The molecule has 2 aliphatic rings. The monoisotopic (exact) mass is 244 g/mol. The number of aliphatic imine (C=N–C) groups is 1. The largest absolute Gasteiger partial charge is 0.369 e. The molecule has 2 aliphatic heterocycles. The van der Waals surface area contributed by atoms with Crippen molar-refractivity contribution in [2.24, 2.45) is 4.99 Å². The zero-order chi connectivity index (χ0) is 12.4. The van der Waals surface area contributed by atoms with Gasteiger partial charge < -0.3 is 15.1 Å². The van der Waals surface area contributed by atoms with Crippen molar-refractivity contribution in [3.8, 4) is 0 Å². The fourth-order valence-corrected chi connectivity index (χ4v) is 2.49. The number of benzene rings is 1. The second-order valence-electron chi connectivity index (χ2n) is 4.99. The molecule has 1 fully saturated rings. The van der Waals surface area contributed by atoms with E-state index in [9.17, 15) is 0 Å². The van der Waals surface area contributed by atoms with Crippen molar-refractivity contribution < 1.29 is 0 Å². The highest BCUT2D eigenvalue weighted by atomic mass is 15.2. The second kappa shape index (κ2) is 4.98. The molecule has 4 heteroatoms. The number of hydrogen-bond acceptors (Lipinski definition) is 4. The summed E-state index contributed by atoms with van der Waals surface area (Å²) in [5, 5.41) is 3.31. The van der Waals surface area contributed by atoms with Crippen LogP contribution >= 0.6 is 0 Å².